The SMILES string of the molecule is COc1cc(F)c(C(=O)NC(CN)CC(C)C)cc1OC.Cl. The van der Waals surface area contributed by atoms with Gasteiger partial charge in [0.2, 0.25) is 0 Å². The molecule has 0 saturated carbocycles. The summed E-state index contributed by atoms with van der Waals surface area (Å²) in [4.78, 5) is 12.2. The number of carbonyl (C=O) groups excluding carboxylic acids is 1. The summed E-state index contributed by atoms with van der Waals surface area (Å²) in [6.07, 6.45) is 0.733. The third kappa shape index (κ3) is 5.35. The van der Waals surface area contributed by atoms with Crippen LogP contribution in [-0.4, -0.2) is 32.7 Å². The molecule has 1 rings (SSSR count). The largest absolute Gasteiger partial charge is 0.493 e. The Morgan fingerprint density at radius 3 is 2.27 bits per heavy atom. The quantitative estimate of drug-likeness (QED) is 0.803. The molecule has 0 saturated heterocycles. The fraction of sp³-hybridized carbons (Fsp3) is 0.533. The van der Waals surface area contributed by atoms with Gasteiger partial charge in [0.1, 0.15) is 5.82 Å². The van der Waals surface area contributed by atoms with Crippen LogP contribution in [0.25, 0.3) is 0 Å². The first-order chi connectivity index (χ1) is 9.92. The van der Waals surface area contributed by atoms with Gasteiger partial charge in [-0.15, -0.1) is 12.4 Å². The third-order valence-electron chi connectivity index (χ3n) is 3.09. The van der Waals surface area contributed by atoms with E-state index in [-0.39, 0.29) is 29.8 Å². The standard InChI is InChI=1S/C15H23FN2O3.ClH/c1-9(2)5-10(8-17)18-15(19)11-6-13(20-3)14(21-4)7-12(11)16;/h6-7,9-10H,5,8,17H2,1-4H3,(H,18,19);1H. The van der Waals surface area contributed by atoms with Crippen LogP contribution in [0.5, 0.6) is 11.5 Å². The molecule has 0 radical (unpaired) electrons. The molecule has 1 amide bonds. The van der Waals surface area contributed by atoms with Gasteiger partial charge in [-0.05, 0) is 18.4 Å². The van der Waals surface area contributed by atoms with Crippen LogP contribution in [0.3, 0.4) is 0 Å². The highest BCUT2D eigenvalue weighted by Crippen LogP contribution is 2.29. The third-order valence-corrected chi connectivity index (χ3v) is 3.09. The van der Waals surface area contributed by atoms with Crippen LogP contribution in [0.4, 0.5) is 4.39 Å². The number of amides is 1. The number of hydrogen-bond acceptors (Lipinski definition) is 4. The van der Waals surface area contributed by atoms with E-state index in [1.807, 2.05) is 13.8 Å². The number of nitrogens with two attached hydrogens (primary N) is 1. The van der Waals surface area contributed by atoms with Crippen molar-refractivity contribution in [2.45, 2.75) is 26.3 Å². The van der Waals surface area contributed by atoms with Crippen molar-refractivity contribution in [3.63, 3.8) is 0 Å². The number of ether oxygens (including phenoxy) is 2. The molecule has 22 heavy (non-hydrogen) atoms. The predicted molar refractivity (Wildman–Crippen MR) is 86.5 cm³/mol. The minimum Gasteiger partial charge on any atom is -0.493 e. The Morgan fingerprint density at radius 1 is 1.27 bits per heavy atom. The van der Waals surface area contributed by atoms with Gasteiger partial charge in [0.15, 0.2) is 11.5 Å². The Hall–Kier alpha value is -1.53. The van der Waals surface area contributed by atoms with Gasteiger partial charge in [-0.3, -0.25) is 4.79 Å². The average Bonchev–Trinajstić information content (AvgIpc) is 2.45. The number of rotatable bonds is 7. The molecular weight excluding hydrogens is 311 g/mol. The average molecular weight is 335 g/mol. The first kappa shape index (κ1) is 20.5. The second-order valence-corrected chi connectivity index (χ2v) is 5.22. The fourth-order valence-corrected chi connectivity index (χ4v) is 2.07. The summed E-state index contributed by atoms with van der Waals surface area (Å²) in [5.41, 5.74) is 5.55. The van der Waals surface area contributed by atoms with Crippen LogP contribution in [0.1, 0.15) is 30.6 Å². The van der Waals surface area contributed by atoms with Crippen LogP contribution in [0.2, 0.25) is 0 Å². The maximum Gasteiger partial charge on any atom is 0.254 e. The lowest BCUT2D eigenvalue weighted by Crippen LogP contribution is -2.41. The van der Waals surface area contributed by atoms with E-state index in [0.29, 0.717) is 18.2 Å². The van der Waals surface area contributed by atoms with Crippen molar-refractivity contribution < 1.29 is 18.7 Å². The van der Waals surface area contributed by atoms with E-state index >= 15 is 0 Å². The summed E-state index contributed by atoms with van der Waals surface area (Å²) in [5, 5.41) is 2.74. The zero-order valence-electron chi connectivity index (χ0n) is 13.3. The molecule has 0 spiro atoms. The lowest BCUT2D eigenvalue weighted by atomic mass is 10.0. The molecule has 0 aliphatic heterocycles. The van der Waals surface area contributed by atoms with Crippen molar-refractivity contribution >= 4 is 18.3 Å². The van der Waals surface area contributed by atoms with E-state index in [1.54, 1.807) is 0 Å². The van der Waals surface area contributed by atoms with Crippen LogP contribution in [0, 0.1) is 11.7 Å². The number of benzene rings is 1. The lowest BCUT2D eigenvalue weighted by molar-refractivity contribution is 0.0929. The zero-order chi connectivity index (χ0) is 16.0. The molecule has 0 aliphatic carbocycles. The molecule has 0 bridgehead atoms. The molecule has 0 aliphatic rings. The van der Waals surface area contributed by atoms with Crippen LogP contribution in [0.15, 0.2) is 12.1 Å². The summed E-state index contributed by atoms with van der Waals surface area (Å²) in [7, 11) is 2.84. The van der Waals surface area contributed by atoms with Gasteiger partial charge in [0, 0.05) is 18.7 Å². The molecule has 0 fully saturated rings. The Bertz CT molecular complexity index is 498. The van der Waals surface area contributed by atoms with Gasteiger partial charge in [0.05, 0.1) is 19.8 Å². The molecular formula is C15H24ClFN2O3. The first-order valence-corrected chi connectivity index (χ1v) is 6.85. The Kier molecular flexibility index (Phi) is 8.82. The second kappa shape index (κ2) is 9.48. The van der Waals surface area contributed by atoms with Gasteiger partial charge in [0.25, 0.3) is 5.91 Å². The zero-order valence-corrected chi connectivity index (χ0v) is 14.1. The fourth-order valence-electron chi connectivity index (χ4n) is 2.07. The van der Waals surface area contributed by atoms with Crippen molar-refractivity contribution in [3.8, 4) is 11.5 Å². The van der Waals surface area contributed by atoms with E-state index in [4.69, 9.17) is 15.2 Å². The highest BCUT2D eigenvalue weighted by molar-refractivity contribution is 5.95. The molecule has 1 atom stereocenters. The summed E-state index contributed by atoms with van der Waals surface area (Å²) < 4.78 is 24.1. The van der Waals surface area contributed by atoms with Gasteiger partial charge in [-0.2, -0.15) is 0 Å². The molecule has 1 unspecified atom stereocenters. The molecule has 0 aromatic heterocycles. The number of carbonyl (C=O) groups is 1. The van der Waals surface area contributed by atoms with Gasteiger partial charge >= 0.3 is 0 Å². The summed E-state index contributed by atoms with van der Waals surface area (Å²) in [6.45, 7) is 4.37. The van der Waals surface area contributed by atoms with E-state index in [0.717, 1.165) is 12.5 Å². The van der Waals surface area contributed by atoms with Crippen molar-refractivity contribution in [2.24, 2.45) is 11.7 Å². The number of nitrogens with one attached hydrogen (secondary N) is 1. The van der Waals surface area contributed by atoms with E-state index in [1.165, 1.54) is 20.3 Å². The summed E-state index contributed by atoms with van der Waals surface area (Å²) in [6, 6.07) is 2.27. The number of hydrogen-bond donors (Lipinski definition) is 2. The molecule has 1 aromatic carbocycles. The minimum atomic E-state index is -0.662. The second-order valence-electron chi connectivity index (χ2n) is 5.22. The molecule has 5 nitrogen and oxygen atoms in total. The summed E-state index contributed by atoms with van der Waals surface area (Å²) >= 11 is 0. The topological polar surface area (TPSA) is 73.6 Å². The number of halogens is 2. The lowest BCUT2D eigenvalue weighted by Gasteiger charge is -2.19. The van der Waals surface area contributed by atoms with Gasteiger partial charge < -0.3 is 20.5 Å². The normalized spacial score (nSPS) is 11.6. The Labute approximate surface area is 136 Å². The maximum atomic E-state index is 14.0. The van der Waals surface area contributed by atoms with Crippen LogP contribution < -0.4 is 20.5 Å². The molecule has 126 valence electrons. The van der Waals surface area contributed by atoms with Crippen molar-refractivity contribution in [1.29, 1.82) is 0 Å². The molecule has 3 N–H and O–H groups in total. The van der Waals surface area contributed by atoms with Crippen molar-refractivity contribution in [3.05, 3.63) is 23.5 Å². The monoisotopic (exact) mass is 334 g/mol. The van der Waals surface area contributed by atoms with Gasteiger partial charge in [-0.1, -0.05) is 13.8 Å². The van der Waals surface area contributed by atoms with E-state index in [2.05, 4.69) is 5.32 Å². The van der Waals surface area contributed by atoms with Crippen molar-refractivity contribution in [2.75, 3.05) is 20.8 Å². The molecule has 7 heteroatoms. The molecule has 0 heterocycles. The molecule has 1 aromatic rings. The van der Waals surface area contributed by atoms with Crippen molar-refractivity contribution in [1.82, 2.24) is 5.32 Å². The Balaban J connectivity index is 0.00000441. The first-order valence-electron chi connectivity index (χ1n) is 6.85. The smallest absolute Gasteiger partial charge is 0.254 e. The van der Waals surface area contributed by atoms with Gasteiger partial charge in [-0.25, -0.2) is 4.39 Å². The summed E-state index contributed by atoms with van der Waals surface area (Å²) in [5.74, 6) is -0.245. The van der Waals surface area contributed by atoms with Crippen LogP contribution in [-0.2, 0) is 0 Å². The van der Waals surface area contributed by atoms with Crippen LogP contribution >= 0.6 is 12.4 Å². The maximum absolute atomic E-state index is 14.0. The predicted octanol–water partition coefficient (Wildman–Crippen LogP) is 2.37. The minimum absolute atomic E-state index is 0. The van der Waals surface area contributed by atoms with E-state index < -0.39 is 11.7 Å². The highest BCUT2D eigenvalue weighted by Gasteiger charge is 2.19. The number of methoxy groups -OCH3 is 2. The highest BCUT2D eigenvalue weighted by atomic mass is 35.5. The van der Waals surface area contributed by atoms with E-state index in [9.17, 15) is 9.18 Å². The Morgan fingerprint density at radius 2 is 1.82 bits per heavy atom.